The van der Waals surface area contributed by atoms with Gasteiger partial charge in [0.15, 0.2) is 0 Å². The molecule has 3 nitrogen and oxygen atoms in total. The summed E-state index contributed by atoms with van der Waals surface area (Å²) in [5.74, 6) is 1.16. The van der Waals surface area contributed by atoms with Crippen molar-refractivity contribution in [2.75, 3.05) is 19.1 Å². The van der Waals surface area contributed by atoms with E-state index in [9.17, 15) is 0 Å². The van der Waals surface area contributed by atoms with Crippen LogP contribution in [0.25, 0.3) is 0 Å². The van der Waals surface area contributed by atoms with E-state index in [1.54, 1.807) is 0 Å². The first kappa shape index (κ1) is 15.1. The fraction of sp³-hybridized carbons (Fsp3) is 0.750. The lowest BCUT2D eigenvalue weighted by Crippen LogP contribution is -2.31. The van der Waals surface area contributed by atoms with Crippen molar-refractivity contribution in [1.82, 2.24) is 14.7 Å². The van der Waals surface area contributed by atoms with Gasteiger partial charge in [-0.3, -0.25) is 9.58 Å². The molecular formula is C12H22BrN3S. The van der Waals surface area contributed by atoms with E-state index in [2.05, 4.69) is 53.1 Å². The molecule has 0 aliphatic rings. The van der Waals surface area contributed by atoms with Gasteiger partial charge in [0, 0.05) is 25.4 Å². The summed E-state index contributed by atoms with van der Waals surface area (Å²) in [4.78, 5) is 2.37. The van der Waals surface area contributed by atoms with Crippen molar-refractivity contribution < 1.29 is 0 Å². The minimum Gasteiger partial charge on any atom is -0.297 e. The molecule has 0 aliphatic carbocycles. The van der Waals surface area contributed by atoms with Crippen LogP contribution in [-0.2, 0) is 20.0 Å². The monoisotopic (exact) mass is 319 g/mol. The maximum absolute atomic E-state index is 4.52. The fourth-order valence-electron chi connectivity index (χ4n) is 1.75. The van der Waals surface area contributed by atoms with E-state index >= 15 is 0 Å². The average molecular weight is 320 g/mol. The van der Waals surface area contributed by atoms with Gasteiger partial charge in [-0.05, 0) is 42.6 Å². The maximum atomic E-state index is 4.52. The molecule has 1 atom stereocenters. The highest BCUT2D eigenvalue weighted by atomic mass is 79.9. The summed E-state index contributed by atoms with van der Waals surface area (Å²) in [6, 6.07) is 0.580. The predicted octanol–water partition coefficient (Wildman–Crippen LogP) is 2.93. The van der Waals surface area contributed by atoms with Gasteiger partial charge in [0.2, 0.25) is 0 Å². The minimum atomic E-state index is 0.580. The van der Waals surface area contributed by atoms with Crippen LogP contribution < -0.4 is 0 Å². The molecule has 0 radical (unpaired) electrons. The average Bonchev–Trinajstić information content (AvgIpc) is 2.56. The number of aryl methyl sites for hydroxylation is 2. The topological polar surface area (TPSA) is 21.1 Å². The molecule has 0 amide bonds. The number of halogens is 1. The van der Waals surface area contributed by atoms with Crippen molar-refractivity contribution in [3.63, 3.8) is 0 Å². The van der Waals surface area contributed by atoms with Crippen LogP contribution in [0, 0.1) is 0 Å². The molecule has 1 unspecified atom stereocenters. The number of hydrogen-bond acceptors (Lipinski definition) is 3. The van der Waals surface area contributed by atoms with Crippen molar-refractivity contribution in [3.05, 3.63) is 15.9 Å². The van der Waals surface area contributed by atoms with Gasteiger partial charge in [-0.2, -0.15) is 16.9 Å². The second kappa shape index (κ2) is 6.81. The lowest BCUT2D eigenvalue weighted by molar-refractivity contribution is 0.262. The van der Waals surface area contributed by atoms with E-state index in [-0.39, 0.29) is 0 Å². The molecule has 0 N–H and O–H groups in total. The van der Waals surface area contributed by atoms with Gasteiger partial charge in [0.05, 0.1) is 15.9 Å². The van der Waals surface area contributed by atoms with Crippen molar-refractivity contribution in [1.29, 1.82) is 0 Å². The molecule has 0 spiro atoms. The summed E-state index contributed by atoms with van der Waals surface area (Å²) in [6.45, 7) is 5.34. The summed E-state index contributed by atoms with van der Waals surface area (Å²) in [5, 5.41) is 4.52. The number of nitrogens with zero attached hydrogens (tertiary/aromatic N) is 3. The van der Waals surface area contributed by atoms with Crippen LogP contribution in [0.4, 0.5) is 0 Å². The van der Waals surface area contributed by atoms with Crippen molar-refractivity contribution >= 4 is 27.7 Å². The molecule has 0 aromatic carbocycles. The van der Waals surface area contributed by atoms with Gasteiger partial charge < -0.3 is 0 Å². The first-order valence-electron chi connectivity index (χ1n) is 5.90. The first-order chi connectivity index (χ1) is 8.01. The second-order valence-electron chi connectivity index (χ2n) is 4.40. The van der Waals surface area contributed by atoms with Crippen molar-refractivity contribution in [2.45, 2.75) is 32.9 Å². The number of hydrogen-bond donors (Lipinski definition) is 0. The normalized spacial score (nSPS) is 13.4. The molecule has 0 fully saturated rings. The summed E-state index contributed by atoms with van der Waals surface area (Å²) < 4.78 is 3.16. The molecule has 0 aliphatic heterocycles. The highest BCUT2D eigenvalue weighted by Crippen LogP contribution is 2.23. The molecule has 98 valence electrons. The lowest BCUT2D eigenvalue weighted by Gasteiger charge is -2.24. The van der Waals surface area contributed by atoms with E-state index < -0.39 is 0 Å². The molecule has 1 aromatic rings. The number of rotatable bonds is 6. The van der Waals surface area contributed by atoms with E-state index in [4.69, 9.17) is 0 Å². The van der Waals surface area contributed by atoms with E-state index in [0.29, 0.717) is 6.04 Å². The van der Waals surface area contributed by atoms with Crippen LogP contribution in [0.5, 0.6) is 0 Å². The Hall–Kier alpha value is -0.000000000000000111. The minimum absolute atomic E-state index is 0.580. The van der Waals surface area contributed by atoms with Gasteiger partial charge in [0.25, 0.3) is 0 Å². The Morgan fingerprint density at radius 2 is 2.18 bits per heavy atom. The number of thioether (sulfide) groups is 1. The van der Waals surface area contributed by atoms with E-state index in [1.165, 1.54) is 10.2 Å². The van der Waals surface area contributed by atoms with E-state index in [1.807, 2.05) is 23.5 Å². The third-order valence-corrected chi connectivity index (χ3v) is 4.79. The molecule has 1 heterocycles. The summed E-state index contributed by atoms with van der Waals surface area (Å²) in [5.41, 5.74) is 2.41. The van der Waals surface area contributed by atoms with Crippen LogP contribution >= 0.6 is 27.7 Å². The standard InChI is InChI=1S/C12H22BrN3S/c1-6-10-12(13)11(16(4)14-10)7-15(3)9(2)8-17-5/h9H,6-8H2,1-5H3. The summed E-state index contributed by atoms with van der Waals surface area (Å²) in [6.07, 6.45) is 3.12. The Balaban J connectivity index is 2.77. The smallest absolute Gasteiger partial charge is 0.0767 e. The van der Waals surface area contributed by atoms with Gasteiger partial charge in [-0.1, -0.05) is 6.92 Å². The van der Waals surface area contributed by atoms with E-state index in [0.717, 1.165) is 24.4 Å². The second-order valence-corrected chi connectivity index (χ2v) is 6.11. The molecule has 1 rings (SSSR count). The predicted molar refractivity (Wildman–Crippen MR) is 79.6 cm³/mol. The van der Waals surface area contributed by atoms with Crippen LogP contribution in [-0.4, -0.2) is 39.8 Å². The van der Waals surface area contributed by atoms with Gasteiger partial charge in [-0.15, -0.1) is 0 Å². The van der Waals surface area contributed by atoms with Gasteiger partial charge in [-0.25, -0.2) is 0 Å². The summed E-state index contributed by atoms with van der Waals surface area (Å²) in [7, 11) is 4.19. The highest BCUT2D eigenvalue weighted by molar-refractivity contribution is 9.10. The Labute approximate surface area is 117 Å². The van der Waals surface area contributed by atoms with Gasteiger partial charge in [0.1, 0.15) is 0 Å². The molecule has 1 aromatic heterocycles. The first-order valence-corrected chi connectivity index (χ1v) is 8.09. The Morgan fingerprint density at radius 3 is 2.65 bits per heavy atom. The molecular weight excluding hydrogens is 298 g/mol. The van der Waals surface area contributed by atoms with Crippen LogP contribution in [0.1, 0.15) is 25.2 Å². The zero-order valence-electron chi connectivity index (χ0n) is 11.3. The van der Waals surface area contributed by atoms with Crippen molar-refractivity contribution in [3.8, 4) is 0 Å². The Morgan fingerprint density at radius 1 is 1.53 bits per heavy atom. The van der Waals surface area contributed by atoms with Crippen LogP contribution in [0.15, 0.2) is 4.47 Å². The van der Waals surface area contributed by atoms with Crippen molar-refractivity contribution in [2.24, 2.45) is 7.05 Å². The molecule has 0 bridgehead atoms. The quantitative estimate of drug-likeness (QED) is 0.804. The molecule has 0 saturated carbocycles. The maximum Gasteiger partial charge on any atom is 0.0767 e. The molecule has 5 heteroatoms. The van der Waals surface area contributed by atoms with Crippen LogP contribution in [0.2, 0.25) is 0 Å². The number of aromatic nitrogens is 2. The lowest BCUT2D eigenvalue weighted by atomic mass is 10.2. The molecule has 0 saturated heterocycles. The SMILES string of the molecule is CCc1nn(C)c(CN(C)C(C)CSC)c1Br. The molecule has 17 heavy (non-hydrogen) atoms. The third-order valence-electron chi connectivity index (χ3n) is 3.06. The highest BCUT2D eigenvalue weighted by Gasteiger charge is 2.16. The largest absolute Gasteiger partial charge is 0.297 e. The Bertz CT molecular complexity index is 365. The zero-order valence-corrected chi connectivity index (χ0v) is 13.7. The third kappa shape index (κ3) is 3.73. The van der Waals surface area contributed by atoms with Gasteiger partial charge >= 0.3 is 0 Å². The Kier molecular flexibility index (Phi) is 6.03. The fourth-order valence-corrected chi connectivity index (χ4v) is 3.23. The van der Waals surface area contributed by atoms with Crippen LogP contribution in [0.3, 0.4) is 0 Å². The zero-order chi connectivity index (χ0) is 13.0. The summed E-state index contributed by atoms with van der Waals surface area (Å²) >= 11 is 5.55.